The van der Waals surface area contributed by atoms with Gasteiger partial charge in [0.05, 0.1) is 6.10 Å². The molecule has 1 heterocycles. The molecule has 0 spiro atoms. The van der Waals surface area contributed by atoms with Gasteiger partial charge >= 0.3 is 0 Å². The van der Waals surface area contributed by atoms with Gasteiger partial charge in [-0.3, -0.25) is 14.9 Å². The van der Waals surface area contributed by atoms with Gasteiger partial charge in [0.15, 0.2) is 5.11 Å². The number of thiocarbonyl (C=S) groups is 1. The highest BCUT2D eigenvalue weighted by Crippen LogP contribution is 2.12. The van der Waals surface area contributed by atoms with Gasteiger partial charge in [0.2, 0.25) is 0 Å². The van der Waals surface area contributed by atoms with Gasteiger partial charge < -0.3 is 15.4 Å². The average Bonchev–Trinajstić information content (AvgIpc) is 3.20. The lowest BCUT2D eigenvalue weighted by atomic mass is 10.2. The number of anilines is 1. The summed E-state index contributed by atoms with van der Waals surface area (Å²) in [4.78, 5) is 24.2. The Balaban J connectivity index is 1.48. The molecule has 28 heavy (non-hydrogen) atoms. The van der Waals surface area contributed by atoms with Crippen molar-refractivity contribution in [2.45, 2.75) is 18.9 Å². The molecule has 146 valence electrons. The number of ether oxygens (including phenoxy) is 1. The van der Waals surface area contributed by atoms with Gasteiger partial charge in [0, 0.05) is 30.0 Å². The van der Waals surface area contributed by atoms with Crippen LogP contribution < -0.4 is 16.0 Å². The first-order chi connectivity index (χ1) is 13.5. The summed E-state index contributed by atoms with van der Waals surface area (Å²) in [7, 11) is 0. The van der Waals surface area contributed by atoms with Gasteiger partial charge in [0.1, 0.15) is 5.82 Å². The number of halogens is 1. The van der Waals surface area contributed by atoms with E-state index >= 15 is 0 Å². The van der Waals surface area contributed by atoms with Gasteiger partial charge in [0.25, 0.3) is 11.8 Å². The Bertz CT molecular complexity index is 850. The minimum absolute atomic E-state index is 0.0898. The third-order valence-electron chi connectivity index (χ3n) is 4.25. The van der Waals surface area contributed by atoms with Crippen molar-refractivity contribution in [1.82, 2.24) is 10.6 Å². The van der Waals surface area contributed by atoms with Crippen molar-refractivity contribution < 1.29 is 18.7 Å². The van der Waals surface area contributed by atoms with E-state index in [9.17, 15) is 14.0 Å². The second kappa shape index (κ2) is 9.38. The molecule has 0 bridgehead atoms. The largest absolute Gasteiger partial charge is 0.376 e. The fourth-order valence-electron chi connectivity index (χ4n) is 2.76. The molecule has 2 aromatic carbocycles. The first-order valence-corrected chi connectivity index (χ1v) is 9.30. The van der Waals surface area contributed by atoms with E-state index in [4.69, 9.17) is 17.0 Å². The van der Waals surface area contributed by atoms with E-state index in [0.717, 1.165) is 19.4 Å². The van der Waals surface area contributed by atoms with Gasteiger partial charge in [-0.15, -0.1) is 0 Å². The second-order valence-electron chi connectivity index (χ2n) is 6.34. The molecule has 0 aliphatic carbocycles. The number of hydrogen-bond donors (Lipinski definition) is 3. The van der Waals surface area contributed by atoms with Crippen molar-refractivity contribution in [2.24, 2.45) is 0 Å². The molecule has 6 nitrogen and oxygen atoms in total. The number of carbonyl (C=O) groups is 2. The van der Waals surface area contributed by atoms with Crippen LogP contribution in [0.25, 0.3) is 0 Å². The fraction of sp³-hybridized carbons (Fsp3) is 0.250. The molecule has 0 aromatic heterocycles. The maximum absolute atomic E-state index is 12.9. The van der Waals surface area contributed by atoms with Crippen LogP contribution in [0.5, 0.6) is 0 Å². The SMILES string of the molecule is O=C(NC[C@H]1CCCO1)c1ccc(NC(=S)NC(=O)c2ccc(F)cc2)cc1. The average molecular weight is 401 g/mol. The molecular weight excluding hydrogens is 381 g/mol. The Morgan fingerprint density at radius 1 is 1.04 bits per heavy atom. The summed E-state index contributed by atoms with van der Waals surface area (Å²) in [6.07, 6.45) is 2.08. The fourth-order valence-corrected chi connectivity index (χ4v) is 2.97. The van der Waals surface area contributed by atoms with Crippen LogP contribution in [0.2, 0.25) is 0 Å². The summed E-state index contributed by atoms with van der Waals surface area (Å²) in [5, 5.41) is 8.35. The van der Waals surface area contributed by atoms with Crippen molar-refractivity contribution in [3.63, 3.8) is 0 Å². The Morgan fingerprint density at radius 2 is 1.68 bits per heavy atom. The Hall–Kier alpha value is -2.84. The van der Waals surface area contributed by atoms with E-state index in [1.807, 2.05) is 0 Å². The first kappa shape index (κ1) is 19.9. The second-order valence-corrected chi connectivity index (χ2v) is 6.75. The normalized spacial score (nSPS) is 15.7. The molecule has 0 unspecified atom stereocenters. The zero-order chi connectivity index (χ0) is 19.9. The highest BCUT2D eigenvalue weighted by Gasteiger charge is 2.16. The van der Waals surface area contributed by atoms with Crippen molar-refractivity contribution in [2.75, 3.05) is 18.5 Å². The standard InChI is InChI=1S/C20H20FN3O3S/c21-15-7-3-14(4-8-15)19(26)24-20(28)23-16-9-5-13(6-10-16)18(25)22-12-17-2-1-11-27-17/h3-10,17H,1-2,11-12H2,(H,22,25)(H2,23,24,26,28)/t17-/m1/s1. The van der Waals surface area contributed by atoms with Crippen LogP contribution in [-0.4, -0.2) is 36.2 Å². The van der Waals surface area contributed by atoms with Crippen LogP contribution in [0.1, 0.15) is 33.6 Å². The van der Waals surface area contributed by atoms with Crippen LogP contribution >= 0.6 is 12.2 Å². The predicted molar refractivity (Wildman–Crippen MR) is 108 cm³/mol. The van der Waals surface area contributed by atoms with Gasteiger partial charge in [-0.2, -0.15) is 0 Å². The lowest BCUT2D eigenvalue weighted by Crippen LogP contribution is -2.34. The number of carbonyl (C=O) groups excluding carboxylic acids is 2. The van der Waals surface area contributed by atoms with Crippen LogP contribution in [0.3, 0.4) is 0 Å². The minimum atomic E-state index is -0.442. The molecule has 0 radical (unpaired) electrons. The number of benzene rings is 2. The summed E-state index contributed by atoms with van der Waals surface area (Å²) in [6.45, 7) is 1.25. The number of hydrogen-bond acceptors (Lipinski definition) is 4. The van der Waals surface area contributed by atoms with Crippen molar-refractivity contribution in [3.8, 4) is 0 Å². The molecule has 1 aliphatic rings. The lowest BCUT2D eigenvalue weighted by Gasteiger charge is -2.12. The molecule has 2 amide bonds. The van der Waals surface area contributed by atoms with Crippen molar-refractivity contribution in [1.29, 1.82) is 0 Å². The number of rotatable bonds is 5. The van der Waals surface area contributed by atoms with Gasteiger partial charge in [-0.25, -0.2) is 4.39 Å². The van der Waals surface area contributed by atoms with E-state index in [2.05, 4.69) is 16.0 Å². The molecule has 0 saturated carbocycles. The molecule has 2 aromatic rings. The van der Waals surface area contributed by atoms with Gasteiger partial charge in [-0.05, 0) is 73.6 Å². The highest BCUT2D eigenvalue weighted by molar-refractivity contribution is 7.80. The molecule has 1 fully saturated rings. The number of amides is 2. The topological polar surface area (TPSA) is 79.5 Å². The zero-order valence-corrected chi connectivity index (χ0v) is 15.9. The molecule has 3 N–H and O–H groups in total. The Kier molecular flexibility index (Phi) is 6.67. The van der Waals surface area contributed by atoms with E-state index in [0.29, 0.717) is 23.4 Å². The van der Waals surface area contributed by atoms with Crippen molar-refractivity contribution in [3.05, 3.63) is 65.5 Å². The van der Waals surface area contributed by atoms with Crippen molar-refractivity contribution >= 4 is 34.8 Å². The van der Waals surface area contributed by atoms with Crippen LogP contribution in [0, 0.1) is 5.82 Å². The maximum Gasteiger partial charge on any atom is 0.257 e. The molecule has 3 rings (SSSR count). The summed E-state index contributed by atoms with van der Waals surface area (Å²) >= 11 is 5.12. The Morgan fingerprint density at radius 3 is 2.32 bits per heavy atom. The molecule has 1 atom stereocenters. The third-order valence-corrected chi connectivity index (χ3v) is 4.46. The smallest absolute Gasteiger partial charge is 0.257 e. The first-order valence-electron chi connectivity index (χ1n) is 8.89. The summed E-state index contributed by atoms with van der Waals surface area (Å²) in [6, 6.07) is 11.9. The lowest BCUT2D eigenvalue weighted by molar-refractivity contribution is 0.0857. The Labute approximate surface area is 167 Å². The molecule has 8 heteroatoms. The van der Waals surface area contributed by atoms with E-state index < -0.39 is 11.7 Å². The third kappa shape index (κ3) is 5.58. The summed E-state index contributed by atoms with van der Waals surface area (Å²) < 4.78 is 18.4. The van der Waals surface area contributed by atoms with E-state index in [1.54, 1.807) is 24.3 Å². The minimum Gasteiger partial charge on any atom is -0.376 e. The van der Waals surface area contributed by atoms with E-state index in [-0.39, 0.29) is 17.1 Å². The predicted octanol–water partition coefficient (Wildman–Crippen LogP) is 2.86. The molecule has 1 saturated heterocycles. The summed E-state index contributed by atoms with van der Waals surface area (Å²) in [5.74, 6) is -1.03. The van der Waals surface area contributed by atoms with Crippen LogP contribution in [0.15, 0.2) is 48.5 Å². The monoisotopic (exact) mass is 401 g/mol. The maximum atomic E-state index is 12.9. The molecular formula is C20H20FN3O3S. The van der Waals surface area contributed by atoms with Gasteiger partial charge in [-0.1, -0.05) is 0 Å². The van der Waals surface area contributed by atoms with Crippen LogP contribution in [-0.2, 0) is 4.74 Å². The van der Waals surface area contributed by atoms with Crippen LogP contribution in [0.4, 0.5) is 10.1 Å². The molecule has 1 aliphatic heterocycles. The quantitative estimate of drug-likeness (QED) is 0.672. The number of nitrogens with one attached hydrogen (secondary N) is 3. The zero-order valence-electron chi connectivity index (χ0n) is 15.0. The van der Waals surface area contributed by atoms with E-state index in [1.165, 1.54) is 24.3 Å². The summed E-state index contributed by atoms with van der Waals surface area (Å²) in [5.41, 5.74) is 1.44. The highest BCUT2D eigenvalue weighted by atomic mass is 32.1.